The van der Waals surface area contributed by atoms with Crippen molar-refractivity contribution in [2.24, 2.45) is 0 Å². The number of piperazine rings is 1. The van der Waals surface area contributed by atoms with Gasteiger partial charge in [0.15, 0.2) is 5.16 Å². The van der Waals surface area contributed by atoms with E-state index >= 15 is 0 Å². The number of hydrogen-bond acceptors (Lipinski definition) is 8. The summed E-state index contributed by atoms with van der Waals surface area (Å²) in [6, 6.07) is 4.12. The van der Waals surface area contributed by atoms with Gasteiger partial charge >= 0.3 is 0 Å². The minimum absolute atomic E-state index is 0.480. The van der Waals surface area contributed by atoms with Crippen molar-refractivity contribution in [1.82, 2.24) is 19.9 Å². The summed E-state index contributed by atoms with van der Waals surface area (Å²) >= 11 is 1.61. The maximum atomic E-state index is 5.51. The molecule has 0 aromatic carbocycles. The first-order valence-electron chi connectivity index (χ1n) is 9.53. The summed E-state index contributed by atoms with van der Waals surface area (Å²) in [5, 5.41) is 0.860. The number of nitrogens with zero attached hydrogens (tertiary/aromatic N) is 6. The van der Waals surface area contributed by atoms with Crippen LogP contribution in [0.2, 0.25) is 0 Å². The lowest BCUT2D eigenvalue weighted by Crippen LogP contribution is -2.47. The second-order valence-corrected chi connectivity index (χ2v) is 7.77. The van der Waals surface area contributed by atoms with E-state index in [1.807, 2.05) is 25.4 Å². The van der Waals surface area contributed by atoms with E-state index in [9.17, 15) is 0 Å². The number of thioether (sulfide) groups is 1. The van der Waals surface area contributed by atoms with Crippen LogP contribution in [0.25, 0.3) is 0 Å². The average molecular weight is 387 g/mol. The predicted molar refractivity (Wildman–Crippen MR) is 108 cm³/mol. The number of anilines is 2. The van der Waals surface area contributed by atoms with Crippen molar-refractivity contribution in [3.63, 3.8) is 0 Å². The normalized spacial score (nSPS) is 18.7. The molecule has 0 unspecified atom stereocenters. The topological polar surface area (TPSA) is 67.3 Å². The zero-order valence-corrected chi connectivity index (χ0v) is 16.8. The Morgan fingerprint density at radius 1 is 1.04 bits per heavy atom. The van der Waals surface area contributed by atoms with E-state index in [0.717, 1.165) is 80.5 Å². The highest BCUT2D eigenvalue weighted by atomic mass is 32.2. The standard InChI is InChI=1S/C19H26N6OS/c1-14-3-6-20-18(21-14)25-9-7-24(8-10-25)17-13-16(22-19(23-17)27-2)15-4-11-26-12-5-15/h3,6,13,15H,4-5,7-12H2,1-2H3. The minimum Gasteiger partial charge on any atom is -0.381 e. The molecule has 4 heterocycles. The van der Waals surface area contributed by atoms with Gasteiger partial charge in [0.05, 0.1) is 5.69 Å². The lowest BCUT2D eigenvalue weighted by atomic mass is 9.96. The molecular weight excluding hydrogens is 360 g/mol. The van der Waals surface area contributed by atoms with Crippen LogP contribution >= 0.6 is 11.8 Å². The molecule has 27 heavy (non-hydrogen) atoms. The van der Waals surface area contributed by atoms with Gasteiger partial charge in [-0.15, -0.1) is 0 Å². The zero-order chi connectivity index (χ0) is 18.6. The van der Waals surface area contributed by atoms with Gasteiger partial charge in [-0.05, 0) is 32.1 Å². The Labute approximate surface area is 164 Å². The van der Waals surface area contributed by atoms with Crippen LogP contribution in [0.15, 0.2) is 23.5 Å². The first-order chi connectivity index (χ1) is 13.2. The molecule has 0 amide bonds. The first-order valence-corrected chi connectivity index (χ1v) is 10.8. The number of rotatable bonds is 4. The Bertz CT molecular complexity index is 775. The highest BCUT2D eigenvalue weighted by Gasteiger charge is 2.23. The van der Waals surface area contributed by atoms with Crippen molar-refractivity contribution >= 4 is 23.5 Å². The molecule has 2 aliphatic heterocycles. The van der Waals surface area contributed by atoms with E-state index in [4.69, 9.17) is 14.7 Å². The molecule has 0 aliphatic carbocycles. The van der Waals surface area contributed by atoms with Gasteiger partial charge in [-0.2, -0.15) is 0 Å². The van der Waals surface area contributed by atoms with Crippen LogP contribution in [0.1, 0.15) is 30.1 Å². The molecule has 7 nitrogen and oxygen atoms in total. The van der Waals surface area contributed by atoms with E-state index in [2.05, 4.69) is 25.8 Å². The molecule has 2 aromatic heterocycles. The molecular formula is C19H26N6OS. The van der Waals surface area contributed by atoms with Crippen LogP contribution in [0.3, 0.4) is 0 Å². The molecule has 2 saturated heterocycles. The molecule has 2 fully saturated rings. The third-order valence-electron chi connectivity index (χ3n) is 5.20. The summed E-state index contributed by atoms with van der Waals surface area (Å²) in [4.78, 5) is 23.1. The maximum absolute atomic E-state index is 5.51. The Kier molecular flexibility index (Phi) is 5.73. The lowest BCUT2D eigenvalue weighted by Gasteiger charge is -2.35. The van der Waals surface area contributed by atoms with Crippen molar-refractivity contribution in [2.75, 3.05) is 55.4 Å². The molecule has 2 aliphatic rings. The van der Waals surface area contributed by atoms with Gasteiger partial charge in [0.1, 0.15) is 5.82 Å². The van der Waals surface area contributed by atoms with Crippen LogP contribution in [-0.4, -0.2) is 65.6 Å². The summed E-state index contributed by atoms with van der Waals surface area (Å²) in [7, 11) is 0. The number of aryl methyl sites for hydroxylation is 1. The molecule has 2 aromatic rings. The van der Waals surface area contributed by atoms with Crippen molar-refractivity contribution in [1.29, 1.82) is 0 Å². The molecule has 0 spiro atoms. The Hall–Kier alpha value is -1.93. The molecule has 0 N–H and O–H groups in total. The molecule has 0 atom stereocenters. The third kappa shape index (κ3) is 4.32. The van der Waals surface area contributed by atoms with Gasteiger partial charge in [-0.25, -0.2) is 19.9 Å². The van der Waals surface area contributed by atoms with Crippen molar-refractivity contribution in [2.45, 2.75) is 30.8 Å². The highest BCUT2D eigenvalue weighted by molar-refractivity contribution is 7.98. The van der Waals surface area contributed by atoms with E-state index in [0.29, 0.717) is 5.92 Å². The summed E-state index contributed by atoms with van der Waals surface area (Å²) in [5.41, 5.74) is 2.17. The maximum Gasteiger partial charge on any atom is 0.225 e. The molecule has 8 heteroatoms. The van der Waals surface area contributed by atoms with Gasteiger partial charge in [-0.3, -0.25) is 0 Å². The van der Waals surface area contributed by atoms with Gasteiger partial charge in [0, 0.05) is 63.3 Å². The second-order valence-electron chi connectivity index (χ2n) is 7.00. The SMILES string of the molecule is CSc1nc(C2CCOCC2)cc(N2CCN(c3nccc(C)n3)CC2)n1. The smallest absolute Gasteiger partial charge is 0.225 e. The van der Waals surface area contributed by atoms with Gasteiger partial charge in [-0.1, -0.05) is 11.8 Å². The number of aromatic nitrogens is 4. The number of hydrogen-bond donors (Lipinski definition) is 0. The highest BCUT2D eigenvalue weighted by Crippen LogP contribution is 2.29. The van der Waals surface area contributed by atoms with E-state index in [1.165, 1.54) is 0 Å². The molecule has 0 radical (unpaired) electrons. The molecule has 0 saturated carbocycles. The molecule has 0 bridgehead atoms. The molecule has 4 rings (SSSR count). The Morgan fingerprint density at radius 3 is 2.48 bits per heavy atom. The van der Waals surface area contributed by atoms with Crippen LogP contribution in [-0.2, 0) is 4.74 Å². The summed E-state index contributed by atoms with van der Waals surface area (Å²) < 4.78 is 5.51. The first kappa shape index (κ1) is 18.4. The van der Waals surface area contributed by atoms with E-state index < -0.39 is 0 Å². The Balaban J connectivity index is 1.48. The summed E-state index contributed by atoms with van der Waals surface area (Å²) in [5.74, 6) is 2.35. The van der Waals surface area contributed by atoms with Crippen molar-refractivity contribution in [3.05, 3.63) is 29.7 Å². The van der Waals surface area contributed by atoms with Gasteiger partial charge in [0.25, 0.3) is 0 Å². The van der Waals surface area contributed by atoms with Crippen LogP contribution < -0.4 is 9.80 Å². The van der Waals surface area contributed by atoms with Gasteiger partial charge < -0.3 is 14.5 Å². The summed E-state index contributed by atoms with van der Waals surface area (Å²) in [6.07, 6.45) is 5.96. The number of ether oxygens (including phenoxy) is 1. The predicted octanol–water partition coefficient (Wildman–Crippen LogP) is 2.52. The van der Waals surface area contributed by atoms with E-state index in [1.54, 1.807) is 11.8 Å². The van der Waals surface area contributed by atoms with Crippen LogP contribution in [0, 0.1) is 6.92 Å². The zero-order valence-electron chi connectivity index (χ0n) is 16.0. The summed E-state index contributed by atoms with van der Waals surface area (Å²) in [6.45, 7) is 7.28. The van der Waals surface area contributed by atoms with Crippen LogP contribution in [0.5, 0.6) is 0 Å². The fourth-order valence-electron chi connectivity index (χ4n) is 3.61. The van der Waals surface area contributed by atoms with Gasteiger partial charge in [0.2, 0.25) is 5.95 Å². The average Bonchev–Trinajstić information content (AvgIpc) is 2.74. The lowest BCUT2D eigenvalue weighted by molar-refractivity contribution is 0.0843. The monoisotopic (exact) mass is 386 g/mol. The Morgan fingerprint density at radius 2 is 1.78 bits per heavy atom. The molecule has 144 valence electrons. The fourth-order valence-corrected chi connectivity index (χ4v) is 3.99. The third-order valence-corrected chi connectivity index (χ3v) is 5.75. The quantitative estimate of drug-likeness (QED) is 0.587. The van der Waals surface area contributed by atoms with Crippen molar-refractivity contribution in [3.8, 4) is 0 Å². The van der Waals surface area contributed by atoms with E-state index in [-0.39, 0.29) is 0 Å². The van der Waals surface area contributed by atoms with Crippen LogP contribution in [0.4, 0.5) is 11.8 Å². The largest absolute Gasteiger partial charge is 0.381 e. The fraction of sp³-hybridized carbons (Fsp3) is 0.579. The minimum atomic E-state index is 0.480. The van der Waals surface area contributed by atoms with Crippen molar-refractivity contribution < 1.29 is 4.74 Å². The second kappa shape index (κ2) is 8.39.